The number of carbonyl (C=O) groups excluding carboxylic acids is 1. The molecule has 0 heterocycles. The van der Waals surface area contributed by atoms with Crippen molar-refractivity contribution in [2.75, 3.05) is 20.8 Å². The number of amides is 1. The van der Waals surface area contributed by atoms with Gasteiger partial charge in [-0.3, -0.25) is 4.79 Å². The fourth-order valence-electron chi connectivity index (χ4n) is 3.92. The van der Waals surface area contributed by atoms with Gasteiger partial charge in [0.1, 0.15) is 11.8 Å². The highest BCUT2D eigenvalue weighted by Crippen LogP contribution is 2.30. The Morgan fingerprint density at radius 3 is 2.22 bits per heavy atom. The number of hydrogen-bond acceptors (Lipinski definition) is 6. The lowest BCUT2D eigenvalue weighted by atomic mass is 10.0. The molecule has 3 rings (SSSR count). The molecule has 3 aromatic carbocycles. The molecular formula is C28H34N2O6S. The monoisotopic (exact) mass is 526 g/mol. The quantitative estimate of drug-likeness (QED) is 0.367. The third-order valence-electron chi connectivity index (χ3n) is 5.92. The first-order valence-electron chi connectivity index (χ1n) is 12.0. The van der Waals surface area contributed by atoms with E-state index in [1.807, 2.05) is 50.2 Å². The molecule has 8 nitrogen and oxygen atoms in total. The molecule has 0 spiro atoms. The van der Waals surface area contributed by atoms with Crippen LogP contribution in [0.15, 0.2) is 71.6 Å². The Kier molecular flexibility index (Phi) is 9.54. The number of rotatable bonds is 12. The van der Waals surface area contributed by atoms with E-state index in [1.165, 1.54) is 19.2 Å². The van der Waals surface area contributed by atoms with E-state index in [1.54, 1.807) is 32.2 Å². The molecule has 0 aliphatic rings. The Balaban J connectivity index is 1.85. The van der Waals surface area contributed by atoms with E-state index in [2.05, 4.69) is 10.0 Å². The molecule has 0 saturated carbocycles. The normalized spacial score (nSPS) is 12.9. The third kappa shape index (κ3) is 7.24. The molecule has 2 N–H and O–H groups in total. The molecule has 0 aromatic heterocycles. The van der Waals surface area contributed by atoms with Gasteiger partial charge in [0.25, 0.3) is 0 Å². The number of ether oxygens (including phenoxy) is 3. The van der Waals surface area contributed by atoms with Gasteiger partial charge >= 0.3 is 0 Å². The highest BCUT2D eigenvalue weighted by Gasteiger charge is 2.28. The number of sulfonamides is 1. The summed E-state index contributed by atoms with van der Waals surface area (Å²) in [7, 11) is -0.912. The standard InChI is InChI=1S/C28H34N2O6S/c1-6-36-25-15-13-23(16-19(25)2)37(32,33)30-24(17-21-10-8-7-9-11-21)28(31)29-20(3)22-12-14-26(34-4)27(18-22)35-5/h7-16,18,20,24,30H,6,17H2,1-5H3,(H,29,31)/t20-,24-/m0/s1. The van der Waals surface area contributed by atoms with Gasteiger partial charge in [0.2, 0.25) is 15.9 Å². The smallest absolute Gasteiger partial charge is 0.241 e. The summed E-state index contributed by atoms with van der Waals surface area (Å²) < 4.78 is 45.4. The van der Waals surface area contributed by atoms with E-state index >= 15 is 0 Å². The number of methoxy groups -OCH3 is 2. The van der Waals surface area contributed by atoms with Crippen molar-refractivity contribution < 1.29 is 27.4 Å². The number of carbonyl (C=O) groups is 1. The van der Waals surface area contributed by atoms with Crippen molar-refractivity contribution in [1.82, 2.24) is 10.0 Å². The minimum atomic E-state index is -4.00. The molecule has 0 saturated heterocycles. The van der Waals surface area contributed by atoms with Crippen LogP contribution in [-0.2, 0) is 21.2 Å². The van der Waals surface area contributed by atoms with Crippen molar-refractivity contribution in [3.05, 3.63) is 83.4 Å². The Bertz CT molecular complexity index is 1310. The van der Waals surface area contributed by atoms with Crippen molar-refractivity contribution >= 4 is 15.9 Å². The third-order valence-corrected chi connectivity index (χ3v) is 7.39. The van der Waals surface area contributed by atoms with Crippen molar-refractivity contribution in [3.8, 4) is 17.2 Å². The highest BCUT2D eigenvalue weighted by atomic mass is 32.2. The molecule has 3 aromatic rings. The minimum Gasteiger partial charge on any atom is -0.494 e. The van der Waals surface area contributed by atoms with Crippen LogP contribution in [0.4, 0.5) is 0 Å². The van der Waals surface area contributed by atoms with Crippen LogP contribution in [0.25, 0.3) is 0 Å². The van der Waals surface area contributed by atoms with Gasteiger partial charge in [-0.25, -0.2) is 8.42 Å². The van der Waals surface area contributed by atoms with Gasteiger partial charge in [-0.2, -0.15) is 4.72 Å². The van der Waals surface area contributed by atoms with Crippen LogP contribution in [0.3, 0.4) is 0 Å². The van der Waals surface area contributed by atoms with Gasteiger partial charge < -0.3 is 19.5 Å². The van der Waals surface area contributed by atoms with Gasteiger partial charge in [-0.1, -0.05) is 36.4 Å². The van der Waals surface area contributed by atoms with E-state index < -0.39 is 28.0 Å². The summed E-state index contributed by atoms with van der Waals surface area (Å²) in [5.41, 5.74) is 2.30. The zero-order chi connectivity index (χ0) is 27.0. The maximum atomic E-state index is 13.4. The first kappa shape index (κ1) is 28.0. The molecule has 198 valence electrons. The lowest BCUT2D eigenvalue weighted by Crippen LogP contribution is -2.48. The fourth-order valence-corrected chi connectivity index (χ4v) is 5.20. The first-order valence-corrected chi connectivity index (χ1v) is 13.5. The van der Waals surface area contributed by atoms with Gasteiger partial charge in [0.15, 0.2) is 11.5 Å². The van der Waals surface area contributed by atoms with E-state index in [-0.39, 0.29) is 11.3 Å². The SMILES string of the molecule is CCOc1ccc(S(=O)(=O)N[C@@H](Cc2ccccc2)C(=O)N[C@@H](C)c2ccc(OC)c(OC)c2)cc1C. The van der Waals surface area contributed by atoms with Crippen LogP contribution in [0.2, 0.25) is 0 Å². The zero-order valence-corrected chi connectivity index (χ0v) is 22.6. The number of benzene rings is 3. The Morgan fingerprint density at radius 1 is 0.919 bits per heavy atom. The maximum Gasteiger partial charge on any atom is 0.241 e. The second-order valence-corrected chi connectivity index (χ2v) is 10.3. The van der Waals surface area contributed by atoms with Crippen LogP contribution >= 0.6 is 0 Å². The molecule has 0 radical (unpaired) electrons. The second-order valence-electron chi connectivity index (χ2n) is 8.57. The van der Waals surface area contributed by atoms with E-state index in [0.717, 1.165) is 11.1 Å². The molecule has 0 unspecified atom stereocenters. The van der Waals surface area contributed by atoms with Gasteiger partial charge in [-0.05, 0) is 74.2 Å². The minimum absolute atomic E-state index is 0.0623. The molecule has 0 aliphatic carbocycles. The molecule has 0 aliphatic heterocycles. The molecule has 0 fully saturated rings. The molecule has 2 atom stereocenters. The average molecular weight is 527 g/mol. The summed E-state index contributed by atoms with van der Waals surface area (Å²) in [4.78, 5) is 13.5. The van der Waals surface area contributed by atoms with Crippen molar-refractivity contribution in [3.63, 3.8) is 0 Å². The van der Waals surface area contributed by atoms with Crippen LogP contribution in [0, 0.1) is 6.92 Å². The van der Waals surface area contributed by atoms with Crippen LogP contribution in [-0.4, -0.2) is 41.2 Å². The fraction of sp³-hybridized carbons (Fsp3) is 0.321. The molecule has 0 bridgehead atoms. The predicted molar refractivity (Wildman–Crippen MR) is 143 cm³/mol. The van der Waals surface area contributed by atoms with Crippen LogP contribution in [0.5, 0.6) is 17.2 Å². The number of hydrogen-bond donors (Lipinski definition) is 2. The average Bonchev–Trinajstić information content (AvgIpc) is 2.89. The van der Waals surface area contributed by atoms with E-state index in [9.17, 15) is 13.2 Å². The lowest BCUT2D eigenvalue weighted by molar-refractivity contribution is -0.123. The summed E-state index contributed by atoms with van der Waals surface area (Å²) in [6, 6.07) is 17.8. The molecular weight excluding hydrogens is 492 g/mol. The summed E-state index contributed by atoms with van der Waals surface area (Å²) in [6.45, 7) is 5.94. The highest BCUT2D eigenvalue weighted by molar-refractivity contribution is 7.89. The van der Waals surface area contributed by atoms with Crippen molar-refractivity contribution in [2.45, 2.75) is 44.2 Å². The number of nitrogens with one attached hydrogen (secondary N) is 2. The van der Waals surface area contributed by atoms with E-state index in [4.69, 9.17) is 14.2 Å². The predicted octanol–water partition coefficient (Wildman–Crippen LogP) is 4.18. The molecule has 1 amide bonds. The van der Waals surface area contributed by atoms with Crippen molar-refractivity contribution in [2.24, 2.45) is 0 Å². The van der Waals surface area contributed by atoms with Gasteiger partial charge in [0, 0.05) is 0 Å². The topological polar surface area (TPSA) is 103 Å². The summed E-state index contributed by atoms with van der Waals surface area (Å²) in [6.07, 6.45) is 0.181. The summed E-state index contributed by atoms with van der Waals surface area (Å²) in [5, 5.41) is 2.93. The molecule has 9 heteroatoms. The Morgan fingerprint density at radius 2 is 1.59 bits per heavy atom. The summed E-state index contributed by atoms with van der Waals surface area (Å²) in [5.74, 6) is 1.28. The summed E-state index contributed by atoms with van der Waals surface area (Å²) >= 11 is 0. The second kappa shape index (κ2) is 12.6. The molecule has 37 heavy (non-hydrogen) atoms. The Labute approximate surface area is 219 Å². The lowest BCUT2D eigenvalue weighted by Gasteiger charge is -2.22. The van der Waals surface area contributed by atoms with E-state index in [0.29, 0.717) is 29.4 Å². The van der Waals surface area contributed by atoms with Crippen LogP contribution in [0.1, 0.15) is 36.6 Å². The van der Waals surface area contributed by atoms with Crippen LogP contribution < -0.4 is 24.2 Å². The largest absolute Gasteiger partial charge is 0.494 e. The Hall–Kier alpha value is -3.56. The van der Waals surface area contributed by atoms with Crippen molar-refractivity contribution in [1.29, 1.82) is 0 Å². The van der Waals surface area contributed by atoms with Gasteiger partial charge in [-0.15, -0.1) is 0 Å². The maximum absolute atomic E-state index is 13.4. The van der Waals surface area contributed by atoms with Gasteiger partial charge in [0.05, 0.1) is 31.8 Å². The first-order chi connectivity index (χ1) is 17.7. The number of aryl methyl sites for hydroxylation is 1. The zero-order valence-electron chi connectivity index (χ0n) is 21.8.